The van der Waals surface area contributed by atoms with Crippen LogP contribution in [0.5, 0.6) is 5.75 Å². The molecule has 114 valence electrons. The van der Waals surface area contributed by atoms with E-state index in [2.05, 4.69) is 15.9 Å². The van der Waals surface area contributed by atoms with E-state index in [4.69, 9.17) is 9.47 Å². The molecular weight excluding hydrogens is 350 g/mol. The molecule has 3 heterocycles. The topological polar surface area (TPSA) is 55.8 Å². The number of ether oxygens (including phenoxy) is 2. The van der Waals surface area contributed by atoms with Crippen molar-refractivity contribution in [2.75, 3.05) is 12.0 Å². The smallest absolute Gasteiger partial charge is 0.241 e. The van der Waals surface area contributed by atoms with Gasteiger partial charge in [0.1, 0.15) is 5.75 Å². The van der Waals surface area contributed by atoms with Gasteiger partial charge in [-0.3, -0.25) is 9.59 Å². The number of methoxy groups -OCH3 is 1. The number of carbonyl (C=O) groups excluding carboxylic acids is 2. The van der Waals surface area contributed by atoms with E-state index < -0.39 is 17.4 Å². The van der Waals surface area contributed by atoms with E-state index in [0.29, 0.717) is 11.4 Å². The van der Waals surface area contributed by atoms with Crippen molar-refractivity contribution in [1.29, 1.82) is 0 Å². The molecule has 1 aromatic rings. The molecule has 5 nitrogen and oxygen atoms in total. The van der Waals surface area contributed by atoms with Crippen molar-refractivity contribution in [3.63, 3.8) is 0 Å². The number of nitrogens with zero attached hydrogens (tertiary/aromatic N) is 1. The summed E-state index contributed by atoms with van der Waals surface area (Å²) in [6.45, 7) is 1.86. The van der Waals surface area contributed by atoms with Crippen LogP contribution in [-0.2, 0) is 14.3 Å². The van der Waals surface area contributed by atoms with Crippen LogP contribution in [-0.4, -0.2) is 30.6 Å². The van der Waals surface area contributed by atoms with E-state index in [0.717, 1.165) is 4.47 Å². The van der Waals surface area contributed by atoms with Gasteiger partial charge < -0.3 is 9.47 Å². The minimum absolute atomic E-state index is 0.218. The zero-order valence-electron chi connectivity index (χ0n) is 12.1. The lowest BCUT2D eigenvalue weighted by atomic mass is 9.78. The summed E-state index contributed by atoms with van der Waals surface area (Å²) in [6.07, 6.45) is 3.47. The lowest BCUT2D eigenvalue weighted by molar-refractivity contribution is -0.126. The molecule has 0 spiro atoms. The summed E-state index contributed by atoms with van der Waals surface area (Å²) in [7, 11) is 1.52. The average molecular weight is 364 g/mol. The van der Waals surface area contributed by atoms with Gasteiger partial charge in [-0.2, -0.15) is 0 Å². The second kappa shape index (κ2) is 4.43. The monoisotopic (exact) mass is 363 g/mol. The van der Waals surface area contributed by atoms with Crippen molar-refractivity contribution in [3.05, 3.63) is 34.8 Å². The molecule has 0 saturated carbocycles. The molecule has 0 N–H and O–H groups in total. The number of hydrogen-bond acceptors (Lipinski definition) is 4. The highest BCUT2D eigenvalue weighted by atomic mass is 79.9. The van der Waals surface area contributed by atoms with Crippen molar-refractivity contribution in [2.24, 2.45) is 11.8 Å². The highest BCUT2D eigenvalue weighted by Gasteiger charge is 2.66. The predicted molar refractivity (Wildman–Crippen MR) is 82.6 cm³/mol. The van der Waals surface area contributed by atoms with Gasteiger partial charge in [-0.1, -0.05) is 28.1 Å². The molecule has 1 aromatic carbocycles. The summed E-state index contributed by atoms with van der Waals surface area (Å²) >= 11 is 3.38. The van der Waals surface area contributed by atoms with E-state index in [1.165, 1.54) is 12.0 Å². The number of amides is 2. The number of rotatable bonds is 2. The van der Waals surface area contributed by atoms with E-state index >= 15 is 0 Å². The normalized spacial score (nSPS) is 35.4. The van der Waals surface area contributed by atoms with Crippen LogP contribution in [0.15, 0.2) is 34.8 Å². The average Bonchev–Trinajstić information content (AvgIpc) is 3.08. The summed E-state index contributed by atoms with van der Waals surface area (Å²) < 4.78 is 11.9. The van der Waals surface area contributed by atoms with Gasteiger partial charge in [-0.15, -0.1) is 0 Å². The van der Waals surface area contributed by atoms with E-state index in [9.17, 15) is 9.59 Å². The maximum absolute atomic E-state index is 12.9. The van der Waals surface area contributed by atoms with Crippen LogP contribution in [0.3, 0.4) is 0 Å². The highest BCUT2D eigenvalue weighted by Crippen LogP contribution is 2.53. The number of benzene rings is 1. The van der Waals surface area contributed by atoms with Crippen LogP contribution in [0.1, 0.15) is 6.92 Å². The third kappa shape index (κ3) is 1.62. The maximum Gasteiger partial charge on any atom is 0.241 e. The van der Waals surface area contributed by atoms with Crippen LogP contribution in [0.4, 0.5) is 5.69 Å². The van der Waals surface area contributed by atoms with Gasteiger partial charge in [0.15, 0.2) is 0 Å². The Morgan fingerprint density at radius 2 is 2.09 bits per heavy atom. The van der Waals surface area contributed by atoms with E-state index in [1.807, 2.05) is 25.1 Å². The van der Waals surface area contributed by atoms with Crippen molar-refractivity contribution in [3.8, 4) is 5.75 Å². The van der Waals surface area contributed by atoms with Crippen LogP contribution < -0.4 is 9.64 Å². The van der Waals surface area contributed by atoms with Gasteiger partial charge in [-0.25, -0.2) is 4.90 Å². The SMILES string of the molecule is COc1ccc(Br)cc1N1C(=O)[C@@H]2[C@@H](C1=O)[C@@]1(C)C=C[C@H]2O1. The first-order valence-electron chi connectivity index (χ1n) is 7.05. The molecule has 2 saturated heterocycles. The summed E-state index contributed by atoms with van der Waals surface area (Å²) in [5.74, 6) is -0.841. The molecule has 2 amide bonds. The van der Waals surface area contributed by atoms with Gasteiger partial charge in [0.2, 0.25) is 11.8 Å². The minimum Gasteiger partial charge on any atom is -0.495 e. The summed E-state index contributed by atoms with van der Waals surface area (Å²) in [5, 5.41) is 0. The highest BCUT2D eigenvalue weighted by molar-refractivity contribution is 9.10. The van der Waals surface area contributed by atoms with Gasteiger partial charge in [0.25, 0.3) is 0 Å². The maximum atomic E-state index is 12.9. The molecule has 3 aliphatic rings. The zero-order chi connectivity index (χ0) is 15.6. The van der Waals surface area contributed by atoms with Crippen LogP contribution >= 0.6 is 15.9 Å². The lowest BCUT2D eigenvalue weighted by Gasteiger charge is -2.24. The largest absolute Gasteiger partial charge is 0.495 e. The third-order valence-electron chi connectivity index (χ3n) is 4.71. The fourth-order valence-electron chi connectivity index (χ4n) is 3.73. The van der Waals surface area contributed by atoms with Crippen LogP contribution in [0.2, 0.25) is 0 Å². The van der Waals surface area contributed by atoms with Crippen molar-refractivity contribution < 1.29 is 19.1 Å². The Balaban J connectivity index is 1.82. The van der Waals surface area contributed by atoms with Crippen molar-refractivity contribution in [1.82, 2.24) is 0 Å². The lowest BCUT2D eigenvalue weighted by Crippen LogP contribution is -2.38. The third-order valence-corrected chi connectivity index (χ3v) is 5.20. The number of anilines is 1. The van der Waals surface area contributed by atoms with Gasteiger partial charge in [0, 0.05) is 4.47 Å². The first-order valence-corrected chi connectivity index (χ1v) is 7.84. The fraction of sp³-hybridized carbons (Fsp3) is 0.375. The quantitative estimate of drug-likeness (QED) is 0.597. The van der Waals surface area contributed by atoms with Gasteiger partial charge in [-0.05, 0) is 25.1 Å². The molecule has 22 heavy (non-hydrogen) atoms. The summed E-state index contributed by atoms with van der Waals surface area (Å²) in [5.41, 5.74) is -0.208. The number of hydrogen-bond donors (Lipinski definition) is 0. The number of imide groups is 1. The molecule has 2 bridgehead atoms. The first-order chi connectivity index (χ1) is 10.5. The van der Waals surface area contributed by atoms with Crippen molar-refractivity contribution in [2.45, 2.75) is 18.6 Å². The standard InChI is InChI=1S/C16H14BrNO4/c1-16-6-5-11(22-16)12-13(16)15(20)18(14(12)19)9-7-8(17)3-4-10(9)21-2/h3-7,11-13H,1-2H3/t11-,12+,13+,16-/m1/s1. The number of fused-ring (bicyclic) bond motifs is 5. The molecular formula is C16H14BrNO4. The number of carbonyl (C=O) groups is 2. The Morgan fingerprint density at radius 3 is 2.77 bits per heavy atom. The second-order valence-corrected chi connectivity index (χ2v) is 6.87. The molecule has 4 rings (SSSR count). The molecule has 3 aliphatic heterocycles. The molecule has 0 radical (unpaired) electrons. The van der Waals surface area contributed by atoms with E-state index in [1.54, 1.807) is 12.1 Å². The fourth-order valence-corrected chi connectivity index (χ4v) is 4.08. The Hall–Kier alpha value is -1.66. The Labute approximate surface area is 136 Å². The van der Waals surface area contributed by atoms with E-state index in [-0.39, 0.29) is 17.9 Å². The molecule has 4 atom stereocenters. The zero-order valence-corrected chi connectivity index (χ0v) is 13.7. The molecule has 6 heteroatoms. The molecule has 0 aliphatic carbocycles. The summed E-state index contributed by atoms with van der Waals surface area (Å²) in [6, 6.07) is 5.28. The second-order valence-electron chi connectivity index (χ2n) is 5.96. The predicted octanol–water partition coefficient (Wildman–Crippen LogP) is 2.29. The molecule has 2 fully saturated rings. The van der Waals surface area contributed by atoms with Gasteiger partial charge >= 0.3 is 0 Å². The van der Waals surface area contributed by atoms with Crippen molar-refractivity contribution >= 4 is 33.4 Å². The molecule has 0 unspecified atom stereocenters. The Kier molecular flexibility index (Phi) is 2.81. The first kappa shape index (κ1) is 14.0. The van der Waals surface area contributed by atoms with Crippen LogP contribution in [0.25, 0.3) is 0 Å². The van der Waals surface area contributed by atoms with Gasteiger partial charge in [0.05, 0.1) is 36.3 Å². The summed E-state index contributed by atoms with van der Waals surface area (Å²) in [4.78, 5) is 27.0. The Morgan fingerprint density at radius 1 is 1.32 bits per heavy atom. The minimum atomic E-state index is -0.684. The molecule has 0 aromatic heterocycles. The van der Waals surface area contributed by atoms with Crippen LogP contribution in [0, 0.1) is 11.8 Å². The number of halogens is 1. The Bertz CT molecular complexity index is 731.